The monoisotopic (exact) mass is 409 g/mol. The molecule has 2 bridgehead atoms. The van der Waals surface area contributed by atoms with E-state index in [0.717, 1.165) is 19.3 Å². The summed E-state index contributed by atoms with van der Waals surface area (Å²) in [6.45, 7) is -3.59. The van der Waals surface area contributed by atoms with Crippen LogP contribution in [0.15, 0.2) is 24.3 Å². The zero-order valence-electron chi connectivity index (χ0n) is 15.6. The first kappa shape index (κ1) is 20.9. The van der Waals surface area contributed by atoms with Gasteiger partial charge < -0.3 is 9.47 Å². The summed E-state index contributed by atoms with van der Waals surface area (Å²) in [6.07, 6.45) is 3.45. The first-order valence-corrected chi connectivity index (χ1v) is 9.43. The number of ketones is 1. The highest BCUT2D eigenvalue weighted by Crippen LogP contribution is 2.40. The number of hydrogen-bond donors (Lipinski definition) is 1. The Labute approximate surface area is 165 Å². The lowest BCUT2D eigenvalue weighted by molar-refractivity contribution is -0.156. The van der Waals surface area contributed by atoms with E-state index in [1.807, 2.05) is 0 Å². The number of Topliss-reactive ketones (excluding diaryl/α,β-unsaturated/α-hetero) is 1. The van der Waals surface area contributed by atoms with Crippen LogP contribution in [0.3, 0.4) is 0 Å². The van der Waals surface area contributed by atoms with Crippen LogP contribution in [-0.2, 0) is 19.1 Å². The molecule has 1 aromatic rings. The van der Waals surface area contributed by atoms with Gasteiger partial charge in [-0.15, -0.1) is 0 Å². The predicted molar refractivity (Wildman–Crippen MR) is 95.1 cm³/mol. The lowest BCUT2D eigenvalue weighted by atomic mass is 9.67. The molecular formula is C20H21F2NO6. The fourth-order valence-corrected chi connectivity index (χ4v) is 3.95. The Kier molecular flexibility index (Phi) is 6.56. The summed E-state index contributed by atoms with van der Waals surface area (Å²) >= 11 is 0. The van der Waals surface area contributed by atoms with Gasteiger partial charge in [-0.25, -0.2) is 0 Å². The summed E-state index contributed by atoms with van der Waals surface area (Å²) < 4.78 is 33.4. The Morgan fingerprint density at radius 1 is 1.07 bits per heavy atom. The van der Waals surface area contributed by atoms with Crippen LogP contribution in [-0.4, -0.2) is 36.8 Å². The first-order valence-electron chi connectivity index (χ1n) is 9.43. The average molecular weight is 409 g/mol. The van der Waals surface area contributed by atoms with Gasteiger partial charge in [-0.05, 0) is 49.9 Å². The van der Waals surface area contributed by atoms with Crippen LogP contribution in [0.5, 0.6) is 5.75 Å². The maximum atomic E-state index is 12.2. The average Bonchev–Trinajstić information content (AvgIpc) is 2.66. The van der Waals surface area contributed by atoms with Gasteiger partial charge in [0.25, 0.3) is 11.8 Å². The molecule has 2 amide bonds. The summed E-state index contributed by atoms with van der Waals surface area (Å²) in [5.74, 6) is -2.60. The number of alkyl halides is 2. The molecule has 0 heterocycles. The van der Waals surface area contributed by atoms with E-state index in [-0.39, 0.29) is 28.9 Å². The number of rotatable bonds is 6. The summed E-state index contributed by atoms with van der Waals surface area (Å²) in [6, 6.07) is 4.80. The normalized spacial score (nSPS) is 23.4. The Bertz CT molecular complexity index is 779. The number of imide groups is 1. The van der Waals surface area contributed by atoms with Crippen molar-refractivity contribution in [2.45, 2.75) is 38.7 Å². The quantitative estimate of drug-likeness (QED) is 0.725. The molecule has 0 aromatic heterocycles. The molecule has 2 aliphatic carbocycles. The second-order valence-electron chi connectivity index (χ2n) is 7.28. The fourth-order valence-electron chi connectivity index (χ4n) is 3.95. The van der Waals surface area contributed by atoms with Crippen LogP contribution in [0.25, 0.3) is 0 Å². The van der Waals surface area contributed by atoms with Crippen molar-refractivity contribution in [1.29, 1.82) is 0 Å². The van der Waals surface area contributed by atoms with E-state index < -0.39 is 36.9 Å². The van der Waals surface area contributed by atoms with E-state index >= 15 is 0 Å². The molecule has 3 atom stereocenters. The minimum atomic E-state index is -2.98. The molecule has 9 heteroatoms. The summed E-state index contributed by atoms with van der Waals surface area (Å²) in [7, 11) is 0. The van der Waals surface area contributed by atoms with Gasteiger partial charge in [-0.3, -0.25) is 24.5 Å². The van der Waals surface area contributed by atoms with Crippen molar-refractivity contribution < 1.29 is 37.4 Å². The smallest absolute Gasteiger partial charge is 0.387 e. The van der Waals surface area contributed by atoms with Gasteiger partial charge >= 0.3 is 12.6 Å². The predicted octanol–water partition coefficient (Wildman–Crippen LogP) is 2.48. The van der Waals surface area contributed by atoms with Crippen LogP contribution < -0.4 is 10.1 Å². The molecule has 0 spiro atoms. The Balaban J connectivity index is 1.45. The van der Waals surface area contributed by atoms with Gasteiger partial charge in [-0.2, -0.15) is 8.78 Å². The van der Waals surface area contributed by atoms with Crippen molar-refractivity contribution in [2.24, 2.45) is 17.8 Å². The van der Waals surface area contributed by atoms with Crippen molar-refractivity contribution in [3.8, 4) is 5.75 Å². The molecule has 1 N–H and O–H groups in total. The van der Waals surface area contributed by atoms with Crippen LogP contribution in [0, 0.1) is 17.8 Å². The zero-order chi connectivity index (χ0) is 21.0. The summed E-state index contributed by atoms with van der Waals surface area (Å²) in [5.41, 5.74) is 0.0601. The minimum absolute atomic E-state index is 0.0601. The maximum Gasteiger partial charge on any atom is 0.387 e. The lowest BCUT2D eigenvalue weighted by Gasteiger charge is -2.36. The number of ether oxygens (including phenoxy) is 2. The van der Waals surface area contributed by atoms with Gasteiger partial charge in [0.2, 0.25) is 0 Å². The number of benzene rings is 1. The molecule has 1 unspecified atom stereocenters. The van der Waals surface area contributed by atoms with E-state index in [1.165, 1.54) is 24.3 Å². The molecule has 0 aliphatic heterocycles. The Morgan fingerprint density at radius 2 is 1.69 bits per heavy atom. The Morgan fingerprint density at radius 3 is 2.28 bits per heavy atom. The van der Waals surface area contributed by atoms with Crippen molar-refractivity contribution in [1.82, 2.24) is 5.32 Å². The molecule has 3 rings (SSSR count). The van der Waals surface area contributed by atoms with E-state index in [2.05, 4.69) is 10.1 Å². The third-order valence-electron chi connectivity index (χ3n) is 5.32. The highest BCUT2D eigenvalue weighted by molar-refractivity contribution is 6.05. The van der Waals surface area contributed by atoms with Crippen molar-refractivity contribution >= 4 is 23.6 Å². The highest BCUT2D eigenvalue weighted by Gasteiger charge is 2.41. The number of carbonyl (C=O) groups excluding carboxylic acids is 4. The number of hydrogen-bond acceptors (Lipinski definition) is 6. The van der Waals surface area contributed by atoms with Crippen LogP contribution in [0.1, 0.15) is 42.5 Å². The molecule has 156 valence electrons. The standard InChI is InChI=1S/C20H21F2NO6/c21-20(22)29-15-6-4-11(5-7-15)18(26)23-16(24)10-28-19(27)14-8-12-2-1-3-13(9-14)17(12)25/h4-7,12-14,20H,1-3,8-10H2,(H,23,24,26)/t12-,13+,14?. The van der Waals surface area contributed by atoms with Gasteiger partial charge in [0.15, 0.2) is 6.61 Å². The van der Waals surface area contributed by atoms with Crippen molar-refractivity contribution in [3.05, 3.63) is 29.8 Å². The number of nitrogens with one attached hydrogen (secondary N) is 1. The third kappa shape index (κ3) is 5.36. The Hall–Kier alpha value is -2.84. The second kappa shape index (κ2) is 9.11. The van der Waals surface area contributed by atoms with Crippen LogP contribution in [0.4, 0.5) is 8.78 Å². The summed E-state index contributed by atoms with van der Waals surface area (Å²) in [4.78, 5) is 48.2. The van der Waals surface area contributed by atoms with Gasteiger partial charge in [0.05, 0.1) is 5.92 Å². The molecule has 7 nitrogen and oxygen atoms in total. The topological polar surface area (TPSA) is 98.8 Å². The number of amides is 2. The van der Waals surface area contributed by atoms with Gasteiger partial charge in [-0.1, -0.05) is 6.42 Å². The van der Waals surface area contributed by atoms with E-state index in [1.54, 1.807) is 0 Å². The minimum Gasteiger partial charge on any atom is -0.455 e. The van der Waals surface area contributed by atoms with E-state index in [9.17, 15) is 28.0 Å². The zero-order valence-corrected chi connectivity index (χ0v) is 15.6. The van der Waals surface area contributed by atoms with Crippen molar-refractivity contribution in [2.75, 3.05) is 6.61 Å². The largest absolute Gasteiger partial charge is 0.455 e. The van der Waals surface area contributed by atoms with E-state index in [0.29, 0.717) is 12.8 Å². The fraction of sp³-hybridized carbons (Fsp3) is 0.500. The number of fused-ring (bicyclic) bond motifs is 2. The van der Waals surface area contributed by atoms with Crippen LogP contribution >= 0.6 is 0 Å². The van der Waals surface area contributed by atoms with E-state index in [4.69, 9.17) is 4.74 Å². The molecule has 2 saturated carbocycles. The number of esters is 1. The molecular weight excluding hydrogens is 388 g/mol. The van der Waals surface area contributed by atoms with Gasteiger partial charge in [0.1, 0.15) is 11.5 Å². The number of halogens is 2. The second-order valence-corrected chi connectivity index (χ2v) is 7.28. The lowest BCUT2D eigenvalue weighted by Crippen LogP contribution is -2.40. The van der Waals surface area contributed by atoms with Gasteiger partial charge in [0, 0.05) is 17.4 Å². The molecule has 1 aromatic carbocycles. The molecule has 0 saturated heterocycles. The number of carbonyl (C=O) groups is 4. The third-order valence-corrected chi connectivity index (χ3v) is 5.32. The molecule has 2 fully saturated rings. The highest BCUT2D eigenvalue weighted by atomic mass is 19.3. The maximum absolute atomic E-state index is 12.2. The molecule has 0 radical (unpaired) electrons. The van der Waals surface area contributed by atoms with Crippen LogP contribution in [0.2, 0.25) is 0 Å². The first-order chi connectivity index (χ1) is 13.8. The molecule has 2 aliphatic rings. The SMILES string of the molecule is O=C(COC(=O)C1C[C@H]2CCC[C@@H](C1)C2=O)NC(=O)c1ccc(OC(F)F)cc1. The summed E-state index contributed by atoms with van der Waals surface area (Å²) in [5, 5.41) is 2.06. The molecule has 29 heavy (non-hydrogen) atoms. The van der Waals surface area contributed by atoms with Crippen molar-refractivity contribution in [3.63, 3.8) is 0 Å².